The second kappa shape index (κ2) is 8.77. The molecule has 5 nitrogen and oxygen atoms in total. The first kappa shape index (κ1) is 22.3. The third-order valence-electron chi connectivity index (χ3n) is 5.10. The van der Waals surface area contributed by atoms with Gasteiger partial charge in [-0.2, -0.15) is 17.5 Å². The number of halogens is 3. The molecule has 0 aromatic heterocycles. The number of rotatable bonds is 4. The van der Waals surface area contributed by atoms with Crippen LogP contribution in [0.3, 0.4) is 0 Å². The summed E-state index contributed by atoms with van der Waals surface area (Å²) in [6, 6.07) is 8.58. The number of nitrogens with zero attached hydrogens (tertiary/aromatic N) is 1. The van der Waals surface area contributed by atoms with Gasteiger partial charge in [0.1, 0.15) is 0 Å². The topological polar surface area (TPSA) is 66.5 Å². The maximum absolute atomic E-state index is 13.0. The number of hydrogen-bond donors (Lipinski definition) is 1. The second-order valence-electron chi connectivity index (χ2n) is 7.33. The first-order chi connectivity index (χ1) is 14.1. The second-order valence-corrected chi connectivity index (χ2v) is 9.27. The van der Waals surface area contributed by atoms with Crippen LogP contribution in [0.1, 0.15) is 47.2 Å². The van der Waals surface area contributed by atoms with E-state index in [0.717, 1.165) is 37.8 Å². The van der Waals surface area contributed by atoms with E-state index in [1.807, 2.05) is 0 Å². The zero-order valence-corrected chi connectivity index (χ0v) is 17.3. The highest BCUT2D eigenvalue weighted by Crippen LogP contribution is 2.31. The zero-order chi connectivity index (χ0) is 21.9. The average Bonchev–Trinajstić information content (AvgIpc) is 2.98. The Bertz CT molecular complexity index is 1030. The van der Waals surface area contributed by atoms with E-state index in [4.69, 9.17) is 0 Å². The largest absolute Gasteiger partial charge is 0.416 e. The summed E-state index contributed by atoms with van der Waals surface area (Å²) in [6.45, 7) is 2.51. The van der Waals surface area contributed by atoms with Crippen molar-refractivity contribution in [3.63, 3.8) is 0 Å². The fourth-order valence-corrected chi connectivity index (χ4v) is 4.95. The van der Waals surface area contributed by atoms with Crippen LogP contribution in [0.2, 0.25) is 0 Å². The number of carbonyl (C=O) groups excluding carboxylic acids is 1. The molecule has 1 aliphatic rings. The number of hydrogen-bond acceptors (Lipinski definition) is 3. The van der Waals surface area contributed by atoms with Gasteiger partial charge in [-0.05, 0) is 55.7 Å². The molecule has 1 saturated heterocycles. The molecule has 30 heavy (non-hydrogen) atoms. The molecule has 162 valence electrons. The van der Waals surface area contributed by atoms with Gasteiger partial charge in [-0.15, -0.1) is 0 Å². The zero-order valence-electron chi connectivity index (χ0n) is 16.5. The van der Waals surface area contributed by atoms with E-state index in [1.54, 1.807) is 6.92 Å². The van der Waals surface area contributed by atoms with Gasteiger partial charge in [-0.1, -0.05) is 25.0 Å². The highest BCUT2D eigenvalue weighted by atomic mass is 32.2. The monoisotopic (exact) mass is 440 g/mol. The van der Waals surface area contributed by atoms with Crippen molar-refractivity contribution in [2.75, 3.05) is 18.4 Å². The maximum Gasteiger partial charge on any atom is 0.416 e. The van der Waals surface area contributed by atoms with Gasteiger partial charge in [0.25, 0.3) is 5.91 Å². The fourth-order valence-electron chi connectivity index (χ4n) is 3.41. The van der Waals surface area contributed by atoms with Gasteiger partial charge >= 0.3 is 6.18 Å². The molecule has 9 heteroatoms. The molecule has 0 unspecified atom stereocenters. The van der Waals surface area contributed by atoms with Crippen LogP contribution in [0, 0.1) is 6.92 Å². The lowest BCUT2D eigenvalue weighted by Gasteiger charge is -2.20. The summed E-state index contributed by atoms with van der Waals surface area (Å²) in [4.78, 5) is 12.7. The van der Waals surface area contributed by atoms with Gasteiger partial charge in [0, 0.05) is 24.3 Å². The van der Waals surface area contributed by atoms with E-state index in [0.29, 0.717) is 18.7 Å². The van der Waals surface area contributed by atoms with Crippen molar-refractivity contribution in [2.45, 2.75) is 43.7 Å². The van der Waals surface area contributed by atoms with Crippen LogP contribution < -0.4 is 5.32 Å². The SMILES string of the molecule is Cc1ccc(S(=O)(=O)N2CCCCCC2)cc1C(=O)Nc1cccc(C(F)(F)F)c1. The Morgan fingerprint density at radius 2 is 1.67 bits per heavy atom. The Hall–Kier alpha value is -2.39. The Morgan fingerprint density at radius 1 is 1.00 bits per heavy atom. The number of aryl methyl sites for hydroxylation is 1. The van der Waals surface area contributed by atoms with Gasteiger partial charge < -0.3 is 5.32 Å². The van der Waals surface area contributed by atoms with E-state index in [2.05, 4.69) is 5.32 Å². The molecule has 0 atom stereocenters. The highest BCUT2D eigenvalue weighted by molar-refractivity contribution is 7.89. The van der Waals surface area contributed by atoms with Crippen molar-refractivity contribution in [2.24, 2.45) is 0 Å². The number of anilines is 1. The summed E-state index contributed by atoms with van der Waals surface area (Å²) in [5.41, 5.74) is -0.276. The van der Waals surface area contributed by atoms with Gasteiger partial charge in [0.15, 0.2) is 0 Å². The molecule has 3 rings (SSSR count). The normalized spacial score (nSPS) is 16.1. The predicted molar refractivity (Wildman–Crippen MR) is 108 cm³/mol. The number of nitrogens with one attached hydrogen (secondary N) is 1. The Labute approximate surface area is 173 Å². The third-order valence-corrected chi connectivity index (χ3v) is 7.00. The molecule has 1 N–H and O–H groups in total. The van der Waals surface area contributed by atoms with E-state index in [1.165, 1.54) is 34.6 Å². The van der Waals surface area contributed by atoms with Crippen LogP contribution in [-0.4, -0.2) is 31.7 Å². The van der Waals surface area contributed by atoms with Gasteiger partial charge in [0.2, 0.25) is 10.0 Å². The Morgan fingerprint density at radius 3 is 2.30 bits per heavy atom. The quantitative estimate of drug-likeness (QED) is 0.741. The van der Waals surface area contributed by atoms with Crippen LogP contribution in [0.15, 0.2) is 47.4 Å². The molecule has 1 aliphatic heterocycles. The smallest absolute Gasteiger partial charge is 0.322 e. The molecule has 0 aliphatic carbocycles. The Balaban J connectivity index is 1.87. The average molecular weight is 440 g/mol. The molecule has 2 aromatic carbocycles. The summed E-state index contributed by atoms with van der Waals surface area (Å²) >= 11 is 0. The Kier molecular flexibility index (Phi) is 6.52. The highest BCUT2D eigenvalue weighted by Gasteiger charge is 2.31. The van der Waals surface area contributed by atoms with Crippen molar-refractivity contribution in [1.82, 2.24) is 4.31 Å². The molecular weight excluding hydrogens is 417 g/mol. The molecule has 1 heterocycles. The molecule has 0 spiro atoms. The summed E-state index contributed by atoms with van der Waals surface area (Å²) in [6.07, 6.45) is -1.01. The molecule has 0 saturated carbocycles. The summed E-state index contributed by atoms with van der Waals surface area (Å²) in [5.74, 6) is -0.667. The van der Waals surface area contributed by atoms with Crippen molar-refractivity contribution >= 4 is 21.6 Å². The lowest BCUT2D eigenvalue weighted by molar-refractivity contribution is -0.137. The molecule has 1 fully saturated rings. The summed E-state index contributed by atoms with van der Waals surface area (Å²) < 4.78 is 66.1. The minimum absolute atomic E-state index is 0.00388. The van der Waals surface area contributed by atoms with E-state index in [9.17, 15) is 26.4 Å². The lowest BCUT2D eigenvalue weighted by atomic mass is 10.1. The lowest BCUT2D eigenvalue weighted by Crippen LogP contribution is -2.32. The van der Waals surface area contributed by atoms with Crippen molar-refractivity contribution in [3.05, 3.63) is 59.2 Å². The minimum Gasteiger partial charge on any atom is -0.322 e. The summed E-state index contributed by atoms with van der Waals surface area (Å²) in [7, 11) is -3.75. The number of benzene rings is 2. The fraction of sp³-hybridized carbons (Fsp3) is 0.381. The van der Waals surface area contributed by atoms with Gasteiger partial charge in [0.05, 0.1) is 10.5 Å². The van der Waals surface area contributed by atoms with Crippen molar-refractivity contribution in [1.29, 1.82) is 0 Å². The van der Waals surface area contributed by atoms with Gasteiger partial charge in [-0.25, -0.2) is 8.42 Å². The first-order valence-corrected chi connectivity index (χ1v) is 11.1. The van der Waals surface area contributed by atoms with Crippen molar-refractivity contribution < 1.29 is 26.4 Å². The molecular formula is C21H23F3N2O3S. The van der Waals surface area contributed by atoms with Crippen molar-refractivity contribution in [3.8, 4) is 0 Å². The standard InChI is InChI=1S/C21H23F3N2O3S/c1-15-9-10-18(30(28,29)26-11-4-2-3-5-12-26)14-19(15)20(27)25-17-8-6-7-16(13-17)21(22,23)24/h6-10,13-14H,2-5,11-12H2,1H3,(H,25,27). The molecule has 2 aromatic rings. The van der Waals surface area contributed by atoms with Crippen LogP contribution in [0.25, 0.3) is 0 Å². The first-order valence-electron chi connectivity index (χ1n) is 9.68. The van der Waals surface area contributed by atoms with Crippen LogP contribution >= 0.6 is 0 Å². The van der Waals surface area contributed by atoms with Crippen LogP contribution in [0.4, 0.5) is 18.9 Å². The third kappa shape index (κ3) is 5.02. The van der Waals surface area contributed by atoms with Gasteiger partial charge in [-0.3, -0.25) is 4.79 Å². The van der Waals surface area contributed by atoms with E-state index >= 15 is 0 Å². The van der Waals surface area contributed by atoms with E-state index < -0.39 is 27.7 Å². The van der Waals surface area contributed by atoms with Crippen LogP contribution in [0.5, 0.6) is 0 Å². The number of carbonyl (C=O) groups is 1. The predicted octanol–water partition coefficient (Wildman–Crippen LogP) is 4.83. The number of sulfonamides is 1. The number of amides is 1. The number of alkyl halides is 3. The molecule has 0 radical (unpaired) electrons. The summed E-state index contributed by atoms with van der Waals surface area (Å²) in [5, 5.41) is 2.43. The minimum atomic E-state index is -4.53. The maximum atomic E-state index is 13.0. The molecule has 1 amide bonds. The molecule has 0 bridgehead atoms. The van der Waals surface area contributed by atoms with E-state index in [-0.39, 0.29) is 16.1 Å². The van der Waals surface area contributed by atoms with Crippen LogP contribution in [-0.2, 0) is 16.2 Å².